The van der Waals surface area contributed by atoms with Gasteiger partial charge in [0, 0.05) is 42.1 Å². The Morgan fingerprint density at radius 1 is 1.12 bits per heavy atom. The number of anilines is 3. The monoisotopic (exact) mass is 362 g/mol. The summed E-state index contributed by atoms with van der Waals surface area (Å²) in [6.45, 7) is 7.56. The van der Waals surface area contributed by atoms with Crippen LogP contribution in [0.3, 0.4) is 0 Å². The van der Waals surface area contributed by atoms with E-state index in [2.05, 4.69) is 31.2 Å². The van der Waals surface area contributed by atoms with Gasteiger partial charge in [-0.3, -0.25) is 0 Å². The molecule has 7 nitrogen and oxygen atoms in total. The van der Waals surface area contributed by atoms with E-state index in [9.17, 15) is 4.79 Å². The number of carbonyl (C=O) groups is 1. The summed E-state index contributed by atoms with van der Waals surface area (Å²) in [4.78, 5) is 20.5. The molecular weight excluding hydrogens is 340 g/mol. The van der Waals surface area contributed by atoms with E-state index in [-0.39, 0.29) is 6.03 Å². The topological polar surface area (TPSA) is 91.0 Å². The fourth-order valence-corrected chi connectivity index (χ4v) is 2.30. The van der Waals surface area contributed by atoms with Crippen LogP contribution >= 0.6 is 11.6 Å². The quantitative estimate of drug-likeness (QED) is 0.566. The molecule has 0 unspecified atom stereocenters. The molecule has 2 amide bonds. The van der Waals surface area contributed by atoms with Crippen LogP contribution in [0.15, 0.2) is 24.3 Å². The van der Waals surface area contributed by atoms with Gasteiger partial charge in [0.2, 0.25) is 5.95 Å². The lowest BCUT2D eigenvalue weighted by molar-refractivity contribution is 0.252. The molecule has 1 aromatic carbocycles. The van der Waals surface area contributed by atoms with Gasteiger partial charge in [0.1, 0.15) is 5.82 Å². The summed E-state index contributed by atoms with van der Waals surface area (Å²) in [6.07, 6.45) is 0. The Morgan fingerprint density at radius 2 is 1.92 bits per heavy atom. The van der Waals surface area contributed by atoms with Crippen LogP contribution in [0.25, 0.3) is 0 Å². The highest BCUT2D eigenvalue weighted by atomic mass is 35.5. The molecule has 2 aromatic rings. The Bertz CT molecular complexity index is 737. The maximum absolute atomic E-state index is 11.9. The van der Waals surface area contributed by atoms with Gasteiger partial charge in [-0.1, -0.05) is 17.7 Å². The second-order valence-electron chi connectivity index (χ2n) is 5.52. The molecule has 0 aliphatic carbocycles. The number of aryl methyl sites for hydroxylation is 2. The number of nitrogens with zero attached hydrogens (tertiary/aromatic N) is 2. The zero-order valence-corrected chi connectivity index (χ0v) is 15.4. The van der Waals surface area contributed by atoms with E-state index in [1.54, 1.807) is 6.07 Å². The number of nitrogens with one attached hydrogen (secondary N) is 4. The van der Waals surface area contributed by atoms with Gasteiger partial charge in [-0.05, 0) is 38.5 Å². The maximum atomic E-state index is 11.9. The standard InChI is InChI=1S/C17H23ClN6O/c1-4-19-15-9-12(3)22-16(24-15)20-7-8-21-17(25)23-13-6-5-11(2)14(18)10-13/h5-6,9-10H,4,7-8H2,1-3H3,(H2,21,23,25)(H2,19,20,22,24). The molecule has 4 N–H and O–H groups in total. The smallest absolute Gasteiger partial charge is 0.319 e. The number of hydrogen-bond donors (Lipinski definition) is 4. The van der Waals surface area contributed by atoms with Crippen LogP contribution in [0.1, 0.15) is 18.2 Å². The van der Waals surface area contributed by atoms with Crippen molar-refractivity contribution in [3.8, 4) is 0 Å². The van der Waals surface area contributed by atoms with Crippen molar-refractivity contribution >= 4 is 35.1 Å². The van der Waals surface area contributed by atoms with E-state index in [1.807, 2.05) is 39.0 Å². The fraction of sp³-hybridized carbons (Fsp3) is 0.353. The number of carbonyl (C=O) groups excluding carboxylic acids is 1. The Kier molecular flexibility index (Phi) is 6.82. The van der Waals surface area contributed by atoms with Crippen molar-refractivity contribution in [3.05, 3.63) is 40.5 Å². The molecule has 1 aromatic heterocycles. The lowest BCUT2D eigenvalue weighted by Gasteiger charge is -2.10. The van der Waals surface area contributed by atoms with Crippen molar-refractivity contribution in [2.75, 3.05) is 35.6 Å². The number of rotatable bonds is 7. The Labute approximate surface area is 152 Å². The molecule has 0 radical (unpaired) electrons. The number of amides is 2. The number of urea groups is 1. The van der Waals surface area contributed by atoms with Crippen molar-refractivity contribution in [1.82, 2.24) is 15.3 Å². The normalized spacial score (nSPS) is 10.2. The van der Waals surface area contributed by atoms with E-state index in [0.29, 0.717) is 29.7 Å². The van der Waals surface area contributed by atoms with Crippen molar-refractivity contribution in [1.29, 1.82) is 0 Å². The van der Waals surface area contributed by atoms with Gasteiger partial charge in [-0.2, -0.15) is 4.98 Å². The summed E-state index contributed by atoms with van der Waals surface area (Å²) in [7, 11) is 0. The second-order valence-corrected chi connectivity index (χ2v) is 5.93. The molecule has 0 spiro atoms. The van der Waals surface area contributed by atoms with Crippen molar-refractivity contribution in [2.24, 2.45) is 0 Å². The zero-order chi connectivity index (χ0) is 18.2. The van der Waals surface area contributed by atoms with Gasteiger partial charge in [0.05, 0.1) is 0 Å². The highest BCUT2D eigenvalue weighted by Gasteiger charge is 2.04. The molecule has 134 valence electrons. The molecule has 0 saturated heterocycles. The summed E-state index contributed by atoms with van der Waals surface area (Å²) in [5, 5.41) is 12.4. The molecule has 0 bridgehead atoms. The van der Waals surface area contributed by atoms with Crippen LogP contribution in [0.4, 0.5) is 22.2 Å². The van der Waals surface area contributed by atoms with Crippen LogP contribution in [-0.2, 0) is 0 Å². The van der Waals surface area contributed by atoms with Crippen LogP contribution in [0.5, 0.6) is 0 Å². The lowest BCUT2D eigenvalue weighted by atomic mass is 10.2. The molecule has 0 fully saturated rings. The van der Waals surface area contributed by atoms with Gasteiger partial charge >= 0.3 is 6.03 Å². The third kappa shape index (κ3) is 6.11. The number of hydrogen-bond acceptors (Lipinski definition) is 5. The third-order valence-corrected chi connectivity index (χ3v) is 3.74. The van der Waals surface area contributed by atoms with Crippen LogP contribution < -0.4 is 21.3 Å². The van der Waals surface area contributed by atoms with Crippen LogP contribution in [0, 0.1) is 13.8 Å². The largest absolute Gasteiger partial charge is 0.370 e. The van der Waals surface area contributed by atoms with Gasteiger partial charge in [-0.15, -0.1) is 0 Å². The Balaban J connectivity index is 1.77. The van der Waals surface area contributed by atoms with Crippen molar-refractivity contribution in [3.63, 3.8) is 0 Å². The van der Waals surface area contributed by atoms with E-state index in [4.69, 9.17) is 11.6 Å². The van der Waals surface area contributed by atoms with Crippen molar-refractivity contribution < 1.29 is 4.79 Å². The Morgan fingerprint density at radius 3 is 2.64 bits per heavy atom. The first-order valence-corrected chi connectivity index (χ1v) is 8.50. The fourth-order valence-electron chi connectivity index (χ4n) is 2.12. The summed E-state index contributed by atoms with van der Waals surface area (Å²) in [5.74, 6) is 1.31. The average molecular weight is 363 g/mol. The SMILES string of the molecule is CCNc1cc(C)nc(NCCNC(=O)Nc2ccc(C)c(Cl)c2)n1. The summed E-state index contributed by atoms with van der Waals surface area (Å²) >= 11 is 6.04. The first kappa shape index (κ1) is 18.8. The third-order valence-electron chi connectivity index (χ3n) is 3.34. The van der Waals surface area contributed by atoms with E-state index in [1.165, 1.54) is 0 Å². The van der Waals surface area contributed by atoms with E-state index >= 15 is 0 Å². The van der Waals surface area contributed by atoms with Crippen molar-refractivity contribution in [2.45, 2.75) is 20.8 Å². The lowest BCUT2D eigenvalue weighted by Crippen LogP contribution is -2.32. The highest BCUT2D eigenvalue weighted by Crippen LogP contribution is 2.19. The number of benzene rings is 1. The molecule has 1 heterocycles. The minimum atomic E-state index is -0.291. The summed E-state index contributed by atoms with van der Waals surface area (Å²) in [6, 6.07) is 6.98. The minimum Gasteiger partial charge on any atom is -0.370 e. The first-order chi connectivity index (χ1) is 12.0. The molecule has 25 heavy (non-hydrogen) atoms. The molecule has 8 heteroatoms. The van der Waals surface area contributed by atoms with E-state index < -0.39 is 0 Å². The molecule has 0 atom stereocenters. The highest BCUT2D eigenvalue weighted by molar-refractivity contribution is 6.31. The average Bonchev–Trinajstić information content (AvgIpc) is 2.55. The van der Waals surface area contributed by atoms with Crippen LogP contribution in [0.2, 0.25) is 5.02 Å². The minimum absolute atomic E-state index is 0.291. The molecule has 0 aliphatic rings. The van der Waals surface area contributed by atoms with E-state index in [0.717, 1.165) is 23.6 Å². The maximum Gasteiger partial charge on any atom is 0.319 e. The Hall–Kier alpha value is -2.54. The number of halogens is 1. The summed E-state index contributed by atoms with van der Waals surface area (Å²) < 4.78 is 0. The van der Waals surface area contributed by atoms with Gasteiger partial charge in [-0.25, -0.2) is 9.78 Å². The molecule has 0 saturated carbocycles. The van der Waals surface area contributed by atoms with Gasteiger partial charge in [0.15, 0.2) is 0 Å². The molecular formula is C17H23ClN6O. The number of aromatic nitrogens is 2. The first-order valence-electron chi connectivity index (χ1n) is 8.12. The van der Waals surface area contributed by atoms with Gasteiger partial charge in [0.25, 0.3) is 0 Å². The molecule has 0 aliphatic heterocycles. The second kappa shape index (κ2) is 9.08. The summed E-state index contributed by atoms with van der Waals surface area (Å²) in [5.41, 5.74) is 2.49. The molecule has 2 rings (SSSR count). The zero-order valence-electron chi connectivity index (χ0n) is 14.6. The predicted octanol–water partition coefficient (Wildman–Crippen LogP) is 3.41. The van der Waals surface area contributed by atoms with Gasteiger partial charge < -0.3 is 21.3 Å². The van der Waals surface area contributed by atoms with Crippen LogP contribution in [-0.4, -0.2) is 35.6 Å². The predicted molar refractivity (Wildman–Crippen MR) is 103 cm³/mol.